The number of rotatable bonds is 6. The summed E-state index contributed by atoms with van der Waals surface area (Å²) in [6.07, 6.45) is 0.557. The highest BCUT2D eigenvalue weighted by Crippen LogP contribution is 2.23. The molecule has 1 heterocycles. The van der Waals surface area contributed by atoms with Gasteiger partial charge in [-0.2, -0.15) is 0 Å². The van der Waals surface area contributed by atoms with E-state index in [0.717, 1.165) is 0 Å². The Morgan fingerprint density at radius 2 is 1.88 bits per heavy atom. The summed E-state index contributed by atoms with van der Waals surface area (Å²) in [4.78, 5) is 18.8. The number of non-ortho nitro benzene ring substituents is 1. The van der Waals surface area contributed by atoms with Crippen LogP contribution < -0.4 is 5.32 Å². The van der Waals surface area contributed by atoms with Gasteiger partial charge in [-0.25, -0.2) is 9.97 Å². The smallest absolute Gasteiger partial charge is 0.269 e. The Hall–Kier alpha value is -2.58. The van der Waals surface area contributed by atoms with Crippen molar-refractivity contribution in [2.45, 2.75) is 38.3 Å². The van der Waals surface area contributed by atoms with Crippen LogP contribution in [0.25, 0.3) is 0 Å². The van der Waals surface area contributed by atoms with Gasteiger partial charge in [0.15, 0.2) is 0 Å². The van der Waals surface area contributed by atoms with Gasteiger partial charge in [-0.05, 0) is 23.8 Å². The Bertz CT molecular complexity index is 728. The van der Waals surface area contributed by atoms with Gasteiger partial charge in [0.1, 0.15) is 17.7 Å². The first kappa shape index (κ1) is 18.8. The van der Waals surface area contributed by atoms with Gasteiger partial charge in [0.25, 0.3) is 5.69 Å². The summed E-state index contributed by atoms with van der Waals surface area (Å²) in [6.45, 7) is 5.62. The molecule has 0 radical (unpaired) electrons. The van der Waals surface area contributed by atoms with Crippen LogP contribution in [0, 0.1) is 10.1 Å². The molecular weight excluding hydrogens is 324 g/mol. The van der Waals surface area contributed by atoms with Crippen molar-refractivity contribution < 1.29 is 15.1 Å². The Labute approximate surface area is 145 Å². The van der Waals surface area contributed by atoms with Gasteiger partial charge < -0.3 is 15.5 Å². The van der Waals surface area contributed by atoms with E-state index < -0.39 is 17.1 Å². The third kappa shape index (κ3) is 4.71. The van der Waals surface area contributed by atoms with E-state index in [-0.39, 0.29) is 17.7 Å². The predicted molar refractivity (Wildman–Crippen MR) is 93.3 cm³/mol. The molecule has 0 aliphatic carbocycles. The van der Waals surface area contributed by atoms with E-state index in [1.807, 2.05) is 20.8 Å². The van der Waals surface area contributed by atoms with Crippen LogP contribution in [0.4, 0.5) is 11.5 Å². The van der Waals surface area contributed by atoms with E-state index in [2.05, 4.69) is 15.3 Å². The number of hydrogen-bond acceptors (Lipinski definition) is 7. The average molecular weight is 346 g/mol. The zero-order valence-corrected chi connectivity index (χ0v) is 14.4. The van der Waals surface area contributed by atoms with Crippen molar-refractivity contribution in [1.82, 2.24) is 9.97 Å². The summed E-state index contributed by atoms with van der Waals surface area (Å²) in [6, 6.07) is 6.50. The highest BCUT2D eigenvalue weighted by Gasteiger charge is 2.23. The van der Waals surface area contributed by atoms with Gasteiger partial charge in [-0.3, -0.25) is 10.1 Å². The molecule has 0 spiro atoms. The lowest BCUT2D eigenvalue weighted by molar-refractivity contribution is -0.384. The van der Waals surface area contributed by atoms with Crippen LogP contribution in [-0.2, 0) is 5.41 Å². The number of aromatic nitrogens is 2. The van der Waals surface area contributed by atoms with Crippen LogP contribution in [0.15, 0.2) is 36.5 Å². The van der Waals surface area contributed by atoms with Crippen LogP contribution in [0.1, 0.15) is 38.3 Å². The first-order valence-corrected chi connectivity index (χ1v) is 7.85. The summed E-state index contributed by atoms with van der Waals surface area (Å²) in [5.41, 5.74) is 0.168. The second-order valence-corrected chi connectivity index (χ2v) is 6.74. The minimum absolute atomic E-state index is 0.0601. The predicted octanol–water partition coefficient (Wildman–Crippen LogP) is 2.19. The quantitative estimate of drug-likeness (QED) is 0.541. The molecule has 0 aliphatic rings. The summed E-state index contributed by atoms with van der Waals surface area (Å²) < 4.78 is 0. The van der Waals surface area contributed by atoms with Crippen LogP contribution in [-0.4, -0.2) is 37.8 Å². The van der Waals surface area contributed by atoms with E-state index >= 15 is 0 Å². The van der Waals surface area contributed by atoms with E-state index in [0.29, 0.717) is 17.2 Å². The Morgan fingerprint density at radius 1 is 1.24 bits per heavy atom. The number of aliphatic hydroxyl groups is 2. The number of aliphatic hydroxyl groups excluding tert-OH is 2. The lowest BCUT2D eigenvalue weighted by Crippen LogP contribution is -2.32. The molecule has 1 aromatic carbocycles. The zero-order chi connectivity index (χ0) is 18.6. The molecule has 2 aromatic rings. The number of benzene rings is 1. The first-order chi connectivity index (χ1) is 11.7. The van der Waals surface area contributed by atoms with Crippen molar-refractivity contribution in [2.75, 3.05) is 11.9 Å². The Kier molecular flexibility index (Phi) is 5.66. The summed E-state index contributed by atoms with van der Waals surface area (Å²) in [5, 5.41) is 33.8. The van der Waals surface area contributed by atoms with Gasteiger partial charge in [-0.1, -0.05) is 20.8 Å². The highest BCUT2D eigenvalue weighted by atomic mass is 16.6. The molecule has 3 N–H and O–H groups in total. The van der Waals surface area contributed by atoms with Crippen molar-refractivity contribution in [3.05, 3.63) is 58.0 Å². The van der Waals surface area contributed by atoms with E-state index in [4.69, 9.17) is 0 Å². The lowest BCUT2D eigenvalue weighted by atomic mass is 9.96. The number of nitrogens with zero attached hydrogens (tertiary/aromatic N) is 3. The summed E-state index contributed by atoms with van der Waals surface area (Å²) >= 11 is 0. The topological polar surface area (TPSA) is 121 Å². The van der Waals surface area contributed by atoms with Gasteiger partial charge in [0.2, 0.25) is 0 Å². The molecule has 0 amide bonds. The number of hydrogen-bond donors (Lipinski definition) is 3. The molecule has 0 bridgehead atoms. The van der Waals surface area contributed by atoms with Crippen molar-refractivity contribution in [2.24, 2.45) is 0 Å². The third-order valence-corrected chi connectivity index (χ3v) is 3.68. The number of nitro benzene ring substituents is 1. The van der Waals surface area contributed by atoms with Crippen LogP contribution in [0.2, 0.25) is 0 Å². The standard InChI is InChI=1S/C17H22N4O4/c1-17(2,3)16-18-9-8-14(20-16)19-13(10-22)15(23)11-4-6-12(7-5-11)21(24)25/h4-9,13,15,22-23H,10H2,1-3H3,(H,18,19,20). The molecule has 8 nitrogen and oxygen atoms in total. The third-order valence-electron chi connectivity index (χ3n) is 3.68. The largest absolute Gasteiger partial charge is 0.394 e. The number of anilines is 1. The van der Waals surface area contributed by atoms with Crippen molar-refractivity contribution in [3.8, 4) is 0 Å². The second kappa shape index (κ2) is 7.54. The average Bonchev–Trinajstić information content (AvgIpc) is 2.58. The molecule has 2 atom stereocenters. The van der Waals surface area contributed by atoms with Gasteiger partial charge >= 0.3 is 0 Å². The molecule has 25 heavy (non-hydrogen) atoms. The van der Waals surface area contributed by atoms with Gasteiger partial charge in [0, 0.05) is 23.7 Å². The van der Waals surface area contributed by atoms with Crippen molar-refractivity contribution in [3.63, 3.8) is 0 Å². The first-order valence-electron chi connectivity index (χ1n) is 7.85. The molecule has 8 heteroatoms. The summed E-state index contributed by atoms with van der Waals surface area (Å²) in [7, 11) is 0. The maximum absolute atomic E-state index is 10.7. The van der Waals surface area contributed by atoms with Crippen molar-refractivity contribution in [1.29, 1.82) is 0 Å². The highest BCUT2D eigenvalue weighted by molar-refractivity contribution is 5.38. The van der Waals surface area contributed by atoms with Gasteiger partial charge in [0.05, 0.1) is 17.6 Å². The monoisotopic (exact) mass is 346 g/mol. The maximum Gasteiger partial charge on any atom is 0.269 e. The molecule has 0 aliphatic heterocycles. The zero-order valence-electron chi connectivity index (χ0n) is 14.4. The molecular formula is C17H22N4O4. The molecule has 1 aromatic heterocycles. The van der Waals surface area contributed by atoms with E-state index in [1.165, 1.54) is 24.3 Å². The molecule has 0 saturated carbocycles. The lowest BCUT2D eigenvalue weighted by Gasteiger charge is -2.24. The van der Waals surface area contributed by atoms with E-state index in [9.17, 15) is 20.3 Å². The molecule has 0 saturated heterocycles. The molecule has 2 rings (SSSR count). The Morgan fingerprint density at radius 3 is 2.40 bits per heavy atom. The maximum atomic E-state index is 10.7. The minimum Gasteiger partial charge on any atom is -0.394 e. The fraction of sp³-hybridized carbons (Fsp3) is 0.412. The second-order valence-electron chi connectivity index (χ2n) is 6.74. The van der Waals surface area contributed by atoms with Gasteiger partial charge in [-0.15, -0.1) is 0 Å². The van der Waals surface area contributed by atoms with Crippen LogP contribution >= 0.6 is 0 Å². The minimum atomic E-state index is -1.06. The molecule has 0 fully saturated rings. The van der Waals surface area contributed by atoms with Crippen molar-refractivity contribution >= 4 is 11.5 Å². The number of nitro groups is 1. The molecule has 134 valence electrons. The normalized spacial score (nSPS) is 14.0. The van der Waals surface area contributed by atoms with Crippen LogP contribution in [0.3, 0.4) is 0 Å². The van der Waals surface area contributed by atoms with E-state index in [1.54, 1.807) is 12.3 Å². The number of nitrogens with one attached hydrogen (secondary N) is 1. The fourth-order valence-corrected chi connectivity index (χ4v) is 2.24. The Balaban J connectivity index is 2.17. The summed E-state index contributed by atoms with van der Waals surface area (Å²) in [5.74, 6) is 1.12. The molecule has 2 unspecified atom stereocenters. The fourth-order valence-electron chi connectivity index (χ4n) is 2.24. The SMILES string of the molecule is CC(C)(C)c1nccc(NC(CO)C(O)c2ccc([N+](=O)[O-])cc2)n1. The van der Waals surface area contributed by atoms with Crippen LogP contribution in [0.5, 0.6) is 0 Å².